The maximum absolute atomic E-state index is 14.1. The molecule has 0 radical (unpaired) electrons. The minimum Gasteiger partial charge on any atom is -0.352 e. The van der Waals surface area contributed by atoms with Crippen LogP contribution in [0.5, 0.6) is 0 Å². The molecule has 3 aromatic carbocycles. The van der Waals surface area contributed by atoms with Gasteiger partial charge in [0, 0.05) is 39.1 Å². The van der Waals surface area contributed by atoms with E-state index in [1.165, 1.54) is 23.1 Å². The van der Waals surface area contributed by atoms with Crippen LogP contribution >= 0.6 is 46.4 Å². The molecule has 2 amide bonds. The van der Waals surface area contributed by atoms with E-state index < -0.39 is 28.5 Å². The number of nitrogens with zero attached hydrogens (tertiary/aromatic N) is 2. The van der Waals surface area contributed by atoms with E-state index in [9.17, 15) is 18.0 Å². The standard InChI is InChI=1S/C29H31Cl4N3O4S/c1-4-19(2)34-29(38)27(12-20-8-6-5-7-9-20)35(17-21-10-11-22(30)16-26(21)33)28(37)18-36(41(3,39)40)25-14-23(31)13-24(32)15-25/h5-11,13-16,19,27H,4,12,17-18H2,1-3H3,(H,34,38)/t19-,27-/m0/s1. The molecule has 0 heterocycles. The van der Waals surface area contributed by atoms with Crippen LogP contribution in [0.25, 0.3) is 0 Å². The zero-order chi connectivity index (χ0) is 30.3. The van der Waals surface area contributed by atoms with Gasteiger partial charge in [0.05, 0.1) is 11.9 Å². The second kappa shape index (κ2) is 14.6. The third kappa shape index (κ3) is 9.51. The molecule has 0 saturated carbocycles. The lowest BCUT2D eigenvalue weighted by molar-refractivity contribution is -0.140. The third-order valence-electron chi connectivity index (χ3n) is 6.44. The second-order valence-electron chi connectivity index (χ2n) is 9.68. The van der Waals surface area contributed by atoms with Gasteiger partial charge in [-0.3, -0.25) is 13.9 Å². The van der Waals surface area contributed by atoms with Crippen molar-refractivity contribution in [2.75, 3.05) is 17.1 Å². The monoisotopic (exact) mass is 657 g/mol. The number of hydrogen-bond acceptors (Lipinski definition) is 4. The van der Waals surface area contributed by atoms with E-state index in [1.54, 1.807) is 18.2 Å². The van der Waals surface area contributed by atoms with Crippen molar-refractivity contribution >= 4 is 73.9 Å². The van der Waals surface area contributed by atoms with E-state index in [-0.39, 0.29) is 40.6 Å². The molecule has 0 aromatic heterocycles. The lowest BCUT2D eigenvalue weighted by Gasteiger charge is -2.34. The fourth-order valence-electron chi connectivity index (χ4n) is 4.13. The highest BCUT2D eigenvalue weighted by Crippen LogP contribution is 2.28. The predicted octanol–water partition coefficient (Wildman–Crippen LogP) is 6.62. The highest BCUT2D eigenvalue weighted by molar-refractivity contribution is 7.92. The largest absolute Gasteiger partial charge is 0.352 e. The van der Waals surface area contributed by atoms with Crippen LogP contribution in [-0.2, 0) is 32.6 Å². The Kier molecular flexibility index (Phi) is 11.8. The summed E-state index contributed by atoms with van der Waals surface area (Å²) in [5.74, 6) is -1.00. The highest BCUT2D eigenvalue weighted by Gasteiger charge is 2.34. The van der Waals surface area contributed by atoms with Crippen LogP contribution in [0.1, 0.15) is 31.4 Å². The summed E-state index contributed by atoms with van der Waals surface area (Å²) in [6.45, 7) is 3.12. The summed E-state index contributed by atoms with van der Waals surface area (Å²) in [4.78, 5) is 29.2. The first kappa shape index (κ1) is 33.0. The van der Waals surface area contributed by atoms with Gasteiger partial charge in [0.25, 0.3) is 0 Å². The van der Waals surface area contributed by atoms with Gasteiger partial charge in [-0.1, -0.05) is 89.7 Å². The molecule has 0 fully saturated rings. The van der Waals surface area contributed by atoms with Crippen molar-refractivity contribution in [2.24, 2.45) is 0 Å². The molecule has 2 atom stereocenters. The zero-order valence-corrected chi connectivity index (χ0v) is 26.6. The average Bonchev–Trinajstić information content (AvgIpc) is 2.89. The number of halogens is 4. The van der Waals surface area contributed by atoms with Crippen LogP contribution in [0, 0.1) is 0 Å². The summed E-state index contributed by atoms with van der Waals surface area (Å²) in [6, 6.07) is 17.2. The SMILES string of the molecule is CC[C@H](C)NC(=O)[C@H](Cc1ccccc1)N(Cc1ccc(Cl)cc1Cl)C(=O)CN(c1cc(Cl)cc(Cl)c1)S(C)(=O)=O. The molecule has 0 spiro atoms. The van der Waals surface area contributed by atoms with Crippen molar-refractivity contribution in [1.82, 2.24) is 10.2 Å². The summed E-state index contributed by atoms with van der Waals surface area (Å²) in [6.07, 6.45) is 1.84. The van der Waals surface area contributed by atoms with Crippen molar-refractivity contribution in [1.29, 1.82) is 0 Å². The molecule has 0 aliphatic rings. The molecule has 41 heavy (non-hydrogen) atoms. The topological polar surface area (TPSA) is 86.8 Å². The minimum atomic E-state index is -3.97. The first-order chi connectivity index (χ1) is 19.3. The Morgan fingerprint density at radius 1 is 0.902 bits per heavy atom. The molecule has 3 aromatic rings. The number of carbonyl (C=O) groups excluding carboxylic acids is 2. The Bertz CT molecular complexity index is 1470. The van der Waals surface area contributed by atoms with Gasteiger partial charge < -0.3 is 10.2 Å². The minimum absolute atomic E-state index is 0.0752. The molecule has 0 saturated heterocycles. The number of amides is 2. The van der Waals surface area contributed by atoms with Gasteiger partial charge in [0.15, 0.2) is 0 Å². The number of sulfonamides is 1. The number of nitrogens with one attached hydrogen (secondary N) is 1. The Hall–Kier alpha value is -2.49. The maximum atomic E-state index is 14.1. The number of hydrogen-bond donors (Lipinski definition) is 1. The third-order valence-corrected chi connectivity index (χ3v) is 8.61. The van der Waals surface area contributed by atoms with E-state index in [1.807, 2.05) is 44.2 Å². The Morgan fingerprint density at radius 3 is 2.10 bits per heavy atom. The van der Waals surface area contributed by atoms with Gasteiger partial charge >= 0.3 is 0 Å². The fourth-order valence-corrected chi connectivity index (χ4v) is 5.94. The van der Waals surface area contributed by atoms with Crippen molar-refractivity contribution < 1.29 is 18.0 Å². The normalized spacial score (nSPS) is 12.9. The van der Waals surface area contributed by atoms with Crippen LogP contribution in [0.3, 0.4) is 0 Å². The first-order valence-corrected chi connectivity index (χ1v) is 16.2. The average molecular weight is 659 g/mol. The molecule has 7 nitrogen and oxygen atoms in total. The Labute approximate surface area is 261 Å². The smallest absolute Gasteiger partial charge is 0.244 e. The molecule has 0 unspecified atom stereocenters. The van der Waals surface area contributed by atoms with Gasteiger partial charge in [-0.25, -0.2) is 8.42 Å². The van der Waals surface area contributed by atoms with Crippen molar-refractivity contribution in [3.05, 3.63) is 97.9 Å². The van der Waals surface area contributed by atoms with Crippen molar-refractivity contribution in [2.45, 2.75) is 45.3 Å². The Morgan fingerprint density at radius 2 is 1.54 bits per heavy atom. The number of carbonyl (C=O) groups is 2. The molecule has 3 rings (SSSR count). The second-order valence-corrected chi connectivity index (χ2v) is 13.3. The highest BCUT2D eigenvalue weighted by atomic mass is 35.5. The Balaban J connectivity index is 2.11. The van der Waals surface area contributed by atoms with Gasteiger partial charge in [-0.05, 0) is 54.8 Å². The molecular weight excluding hydrogens is 628 g/mol. The summed E-state index contributed by atoms with van der Waals surface area (Å²) < 4.78 is 26.7. The molecule has 0 aliphatic carbocycles. The van der Waals surface area contributed by atoms with Crippen LogP contribution < -0.4 is 9.62 Å². The van der Waals surface area contributed by atoms with Crippen molar-refractivity contribution in [3.63, 3.8) is 0 Å². The van der Waals surface area contributed by atoms with E-state index >= 15 is 0 Å². The maximum Gasteiger partial charge on any atom is 0.244 e. The zero-order valence-electron chi connectivity index (χ0n) is 22.8. The lowest BCUT2D eigenvalue weighted by Crippen LogP contribution is -2.54. The molecule has 12 heteroatoms. The van der Waals surface area contributed by atoms with Gasteiger partial charge in [-0.15, -0.1) is 0 Å². The van der Waals surface area contributed by atoms with Gasteiger partial charge in [0.2, 0.25) is 21.8 Å². The summed E-state index contributed by atoms with van der Waals surface area (Å²) in [7, 11) is -3.97. The van der Waals surface area contributed by atoms with Crippen LogP contribution in [0.4, 0.5) is 5.69 Å². The van der Waals surface area contributed by atoms with E-state index in [4.69, 9.17) is 46.4 Å². The fraction of sp³-hybridized carbons (Fsp3) is 0.310. The summed E-state index contributed by atoms with van der Waals surface area (Å²) in [5.41, 5.74) is 1.47. The van der Waals surface area contributed by atoms with Crippen LogP contribution in [0.15, 0.2) is 66.7 Å². The number of benzene rings is 3. The van der Waals surface area contributed by atoms with E-state index in [0.717, 1.165) is 16.1 Å². The summed E-state index contributed by atoms with van der Waals surface area (Å²) in [5, 5.41) is 4.09. The quantitative estimate of drug-likeness (QED) is 0.237. The van der Waals surface area contributed by atoms with E-state index in [0.29, 0.717) is 22.0 Å². The number of rotatable bonds is 12. The predicted molar refractivity (Wildman–Crippen MR) is 167 cm³/mol. The lowest BCUT2D eigenvalue weighted by atomic mass is 10.0. The van der Waals surface area contributed by atoms with Gasteiger partial charge in [0.1, 0.15) is 12.6 Å². The molecule has 220 valence electrons. The van der Waals surface area contributed by atoms with Crippen LogP contribution in [0.2, 0.25) is 20.1 Å². The first-order valence-electron chi connectivity index (χ1n) is 12.8. The van der Waals surface area contributed by atoms with Gasteiger partial charge in [-0.2, -0.15) is 0 Å². The van der Waals surface area contributed by atoms with Crippen molar-refractivity contribution in [3.8, 4) is 0 Å². The number of anilines is 1. The van der Waals surface area contributed by atoms with E-state index in [2.05, 4.69) is 5.32 Å². The molecule has 0 aliphatic heterocycles. The molecule has 1 N–H and O–H groups in total. The van der Waals surface area contributed by atoms with Crippen LogP contribution in [-0.4, -0.2) is 50.0 Å². The summed E-state index contributed by atoms with van der Waals surface area (Å²) >= 11 is 24.9. The molecular formula is C29H31Cl4N3O4S. The molecule has 0 bridgehead atoms.